The van der Waals surface area contributed by atoms with E-state index in [1.807, 2.05) is 6.08 Å². The summed E-state index contributed by atoms with van der Waals surface area (Å²) in [4.78, 5) is 11.1. The molecule has 0 aromatic rings. The number of esters is 1. The Bertz CT molecular complexity index is 208. The Kier molecular flexibility index (Phi) is 3.96. The zero-order chi connectivity index (χ0) is 9.68. The normalized spacial score (nSPS) is 22.3. The molecule has 0 aromatic heterocycles. The van der Waals surface area contributed by atoms with Crippen molar-refractivity contribution in [2.24, 2.45) is 0 Å². The minimum Gasteiger partial charge on any atom is -0.466 e. The molecule has 0 saturated heterocycles. The van der Waals surface area contributed by atoms with Gasteiger partial charge in [-0.1, -0.05) is 11.6 Å². The van der Waals surface area contributed by atoms with Crippen LogP contribution in [0, 0.1) is 0 Å². The molecule has 0 saturated carbocycles. The molecule has 1 atom stereocenters. The molecule has 1 rings (SSSR count). The fourth-order valence-corrected chi connectivity index (χ4v) is 1.51. The molecule has 0 fully saturated rings. The van der Waals surface area contributed by atoms with Crippen LogP contribution >= 0.6 is 0 Å². The van der Waals surface area contributed by atoms with E-state index >= 15 is 0 Å². The number of carbonyl (C=O) groups excluding carboxylic acids is 1. The third kappa shape index (κ3) is 3.59. The first-order valence-corrected chi connectivity index (χ1v) is 4.74. The van der Waals surface area contributed by atoms with Crippen LogP contribution < -0.4 is 0 Å². The number of aliphatic hydroxyl groups excluding tert-OH is 1. The summed E-state index contributed by atoms with van der Waals surface area (Å²) in [5.74, 6) is -0.192. The van der Waals surface area contributed by atoms with Gasteiger partial charge in [0.15, 0.2) is 0 Å². The van der Waals surface area contributed by atoms with Crippen LogP contribution in [0.15, 0.2) is 11.6 Å². The summed E-state index contributed by atoms with van der Waals surface area (Å²) in [5, 5.41) is 9.33. The Morgan fingerprint density at radius 1 is 1.77 bits per heavy atom. The second kappa shape index (κ2) is 5.02. The summed E-state index contributed by atoms with van der Waals surface area (Å²) in [6.07, 6.45) is 4.41. The van der Waals surface area contributed by atoms with Gasteiger partial charge in [-0.05, 0) is 26.2 Å². The number of hydrogen-bond donors (Lipinski definition) is 1. The molecular formula is C10H16O3. The van der Waals surface area contributed by atoms with Gasteiger partial charge < -0.3 is 9.84 Å². The SMILES string of the molecule is CCOC(=O)CC1=CCCC(O)C1. The van der Waals surface area contributed by atoms with Gasteiger partial charge in [-0.3, -0.25) is 4.79 Å². The minimum atomic E-state index is -0.269. The minimum absolute atomic E-state index is 0.192. The molecule has 0 spiro atoms. The lowest BCUT2D eigenvalue weighted by atomic mass is 9.95. The number of ether oxygens (including phenoxy) is 1. The van der Waals surface area contributed by atoms with Crippen molar-refractivity contribution in [2.75, 3.05) is 6.61 Å². The highest BCUT2D eigenvalue weighted by atomic mass is 16.5. The summed E-state index contributed by atoms with van der Waals surface area (Å²) >= 11 is 0. The molecule has 0 aromatic carbocycles. The van der Waals surface area contributed by atoms with Gasteiger partial charge in [0, 0.05) is 0 Å². The molecule has 0 amide bonds. The lowest BCUT2D eigenvalue weighted by Crippen LogP contribution is -2.14. The Morgan fingerprint density at radius 3 is 3.15 bits per heavy atom. The summed E-state index contributed by atoms with van der Waals surface area (Å²) in [7, 11) is 0. The van der Waals surface area contributed by atoms with E-state index in [1.54, 1.807) is 6.92 Å². The van der Waals surface area contributed by atoms with Crippen molar-refractivity contribution in [2.45, 2.75) is 38.7 Å². The van der Waals surface area contributed by atoms with E-state index in [-0.39, 0.29) is 12.1 Å². The van der Waals surface area contributed by atoms with Crippen LogP contribution in [-0.4, -0.2) is 23.8 Å². The highest BCUT2D eigenvalue weighted by molar-refractivity contribution is 5.72. The second-order valence-corrected chi connectivity index (χ2v) is 3.28. The number of rotatable bonds is 3. The van der Waals surface area contributed by atoms with Crippen LogP contribution in [0.3, 0.4) is 0 Å². The molecule has 1 unspecified atom stereocenters. The van der Waals surface area contributed by atoms with Crippen LogP contribution in [0.25, 0.3) is 0 Å². The predicted molar refractivity (Wildman–Crippen MR) is 49.2 cm³/mol. The first-order chi connectivity index (χ1) is 6.22. The van der Waals surface area contributed by atoms with Crippen LogP contribution in [0.5, 0.6) is 0 Å². The van der Waals surface area contributed by atoms with E-state index in [0.717, 1.165) is 18.4 Å². The fraction of sp³-hybridized carbons (Fsp3) is 0.700. The van der Waals surface area contributed by atoms with E-state index in [0.29, 0.717) is 19.4 Å². The van der Waals surface area contributed by atoms with E-state index in [1.165, 1.54) is 0 Å². The maximum atomic E-state index is 11.1. The first kappa shape index (κ1) is 10.3. The van der Waals surface area contributed by atoms with Crippen molar-refractivity contribution >= 4 is 5.97 Å². The monoisotopic (exact) mass is 184 g/mol. The molecular weight excluding hydrogens is 168 g/mol. The van der Waals surface area contributed by atoms with Gasteiger partial charge in [0.2, 0.25) is 0 Å². The number of carbonyl (C=O) groups is 1. The van der Waals surface area contributed by atoms with Crippen molar-refractivity contribution in [1.82, 2.24) is 0 Å². The molecule has 0 heterocycles. The third-order valence-corrected chi connectivity index (χ3v) is 2.11. The van der Waals surface area contributed by atoms with Crippen molar-refractivity contribution in [1.29, 1.82) is 0 Å². The molecule has 3 nitrogen and oxygen atoms in total. The maximum Gasteiger partial charge on any atom is 0.309 e. The summed E-state index contributed by atoms with van der Waals surface area (Å²) in [6.45, 7) is 2.22. The summed E-state index contributed by atoms with van der Waals surface area (Å²) < 4.78 is 4.82. The number of hydrogen-bond acceptors (Lipinski definition) is 3. The van der Waals surface area contributed by atoms with E-state index in [9.17, 15) is 9.90 Å². The Balaban J connectivity index is 2.35. The highest BCUT2D eigenvalue weighted by Gasteiger charge is 2.15. The standard InChI is InChI=1S/C10H16O3/c1-2-13-10(12)7-8-4-3-5-9(11)6-8/h4,9,11H,2-3,5-7H2,1H3. The number of aliphatic hydroxyl groups is 1. The van der Waals surface area contributed by atoms with Crippen molar-refractivity contribution < 1.29 is 14.6 Å². The average Bonchev–Trinajstić information content (AvgIpc) is 2.04. The molecule has 0 aliphatic heterocycles. The zero-order valence-corrected chi connectivity index (χ0v) is 7.95. The van der Waals surface area contributed by atoms with E-state index in [4.69, 9.17) is 4.74 Å². The Morgan fingerprint density at radius 2 is 2.54 bits per heavy atom. The van der Waals surface area contributed by atoms with Crippen molar-refractivity contribution in [3.8, 4) is 0 Å². The van der Waals surface area contributed by atoms with Crippen molar-refractivity contribution in [3.05, 3.63) is 11.6 Å². The van der Waals surface area contributed by atoms with Crippen LogP contribution in [0.4, 0.5) is 0 Å². The highest BCUT2D eigenvalue weighted by Crippen LogP contribution is 2.20. The lowest BCUT2D eigenvalue weighted by Gasteiger charge is -2.17. The van der Waals surface area contributed by atoms with Gasteiger partial charge in [0.1, 0.15) is 0 Å². The van der Waals surface area contributed by atoms with E-state index in [2.05, 4.69) is 0 Å². The average molecular weight is 184 g/mol. The predicted octanol–water partition coefficient (Wildman–Crippen LogP) is 1.41. The quantitative estimate of drug-likeness (QED) is 0.533. The molecule has 3 heteroatoms. The lowest BCUT2D eigenvalue weighted by molar-refractivity contribution is -0.142. The Hall–Kier alpha value is -0.830. The van der Waals surface area contributed by atoms with Gasteiger partial charge >= 0.3 is 5.97 Å². The largest absolute Gasteiger partial charge is 0.466 e. The molecule has 0 radical (unpaired) electrons. The zero-order valence-electron chi connectivity index (χ0n) is 7.95. The molecule has 1 aliphatic carbocycles. The molecule has 0 bridgehead atoms. The van der Waals surface area contributed by atoms with Crippen LogP contribution in [0.1, 0.15) is 32.6 Å². The van der Waals surface area contributed by atoms with Crippen LogP contribution in [0.2, 0.25) is 0 Å². The summed E-state index contributed by atoms with van der Waals surface area (Å²) in [5.41, 5.74) is 1.01. The van der Waals surface area contributed by atoms with Gasteiger partial charge in [-0.15, -0.1) is 0 Å². The molecule has 1 aliphatic rings. The topological polar surface area (TPSA) is 46.5 Å². The van der Waals surface area contributed by atoms with Gasteiger partial charge in [-0.25, -0.2) is 0 Å². The molecule has 74 valence electrons. The molecule has 13 heavy (non-hydrogen) atoms. The Labute approximate surface area is 78.4 Å². The summed E-state index contributed by atoms with van der Waals surface area (Å²) in [6, 6.07) is 0. The smallest absolute Gasteiger partial charge is 0.309 e. The fourth-order valence-electron chi connectivity index (χ4n) is 1.51. The molecule has 1 N–H and O–H groups in total. The third-order valence-electron chi connectivity index (χ3n) is 2.11. The van der Waals surface area contributed by atoms with Gasteiger partial charge in [-0.2, -0.15) is 0 Å². The maximum absolute atomic E-state index is 11.1. The second-order valence-electron chi connectivity index (χ2n) is 3.28. The van der Waals surface area contributed by atoms with Gasteiger partial charge in [0.25, 0.3) is 0 Å². The first-order valence-electron chi connectivity index (χ1n) is 4.74. The number of allylic oxidation sites excluding steroid dienone is 1. The van der Waals surface area contributed by atoms with Crippen LogP contribution in [-0.2, 0) is 9.53 Å². The van der Waals surface area contributed by atoms with Gasteiger partial charge in [0.05, 0.1) is 19.1 Å². The van der Waals surface area contributed by atoms with E-state index < -0.39 is 0 Å². The van der Waals surface area contributed by atoms with Crippen molar-refractivity contribution in [3.63, 3.8) is 0 Å².